The fourth-order valence-corrected chi connectivity index (χ4v) is 6.35. The number of phenolic OH excluding ortho intramolecular Hbond substituents is 2. The van der Waals surface area contributed by atoms with Crippen LogP contribution in [0.1, 0.15) is 89.6 Å². The van der Waals surface area contributed by atoms with Crippen molar-refractivity contribution in [1.29, 1.82) is 0 Å². The highest BCUT2D eigenvalue weighted by Crippen LogP contribution is 2.52. The van der Waals surface area contributed by atoms with Crippen LogP contribution in [0.4, 0.5) is 0 Å². The van der Waals surface area contributed by atoms with E-state index in [1.807, 2.05) is 0 Å². The molecule has 1 amide bonds. The summed E-state index contributed by atoms with van der Waals surface area (Å²) in [6.07, 6.45) is -5.38. The summed E-state index contributed by atoms with van der Waals surface area (Å²) >= 11 is 0. The van der Waals surface area contributed by atoms with Gasteiger partial charge < -0.3 is 45.7 Å². The van der Waals surface area contributed by atoms with Gasteiger partial charge in [-0.1, -0.05) is 26.0 Å². The van der Waals surface area contributed by atoms with Gasteiger partial charge in [0.25, 0.3) is 0 Å². The highest BCUT2D eigenvalue weighted by atomic mass is 16.7. The number of Topliss-reactive ketones (excluding diaryl/α,β-unsaturated/α-hetero) is 1. The summed E-state index contributed by atoms with van der Waals surface area (Å²) in [4.78, 5) is 52.8. The number of nitrogens with one attached hydrogen (secondary N) is 1. The number of methoxy groups -OCH3 is 1. The van der Waals surface area contributed by atoms with Crippen molar-refractivity contribution in [3.63, 3.8) is 0 Å². The number of aromatic hydroxyl groups is 2. The Morgan fingerprint density at radius 3 is 2.40 bits per heavy atom. The Balaban J connectivity index is 1.58. The lowest BCUT2D eigenvalue weighted by Gasteiger charge is -2.43. The van der Waals surface area contributed by atoms with E-state index in [9.17, 15) is 39.6 Å². The van der Waals surface area contributed by atoms with E-state index in [-0.39, 0.29) is 40.3 Å². The van der Waals surface area contributed by atoms with E-state index in [1.54, 1.807) is 20.8 Å². The molecule has 13 nitrogen and oxygen atoms in total. The average molecular weight is 627 g/mol. The van der Waals surface area contributed by atoms with Crippen LogP contribution in [0.3, 0.4) is 0 Å². The maximum Gasteiger partial charge on any atom is 0.237 e. The summed E-state index contributed by atoms with van der Waals surface area (Å²) in [5.74, 6) is -4.05. The Hall–Kier alpha value is -3.88. The number of carbonyl (C=O) groups is 4. The number of benzene rings is 2. The number of ether oxygens (including phenoxy) is 3. The molecule has 2 aromatic rings. The van der Waals surface area contributed by atoms with E-state index in [0.717, 1.165) is 6.92 Å². The number of hydrogen-bond acceptors (Lipinski definition) is 12. The van der Waals surface area contributed by atoms with Crippen molar-refractivity contribution in [2.45, 2.75) is 89.2 Å². The van der Waals surface area contributed by atoms with Crippen molar-refractivity contribution in [3.05, 3.63) is 51.6 Å². The molecule has 7 N–H and O–H groups in total. The van der Waals surface area contributed by atoms with Crippen molar-refractivity contribution in [2.75, 3.05) is 7.11 Å². The molecule has 7 unspecified atom stereocenters. The first-order valence-corrected chi connectivity index (χ1v) is 14.8. The maximum atomic E-state index is 13.8. The third-order valence-corrected chi connectivity index (χ3v) is 9.10. The Kier molecular flexibility index (Phi) is 8.53. The zero-order chi connectivity index (χ0) is 33.1. The summed E-state index contributed by atoms with van der Waals surface area (Å²) in [5, 5.41) is 48.0. The smallest absolute Gasteiger partial charge is 0.237 e. The molecular formula is C32H38N2O11. The predicted molar refractivity (Wildman–Crippen MR) is 157 cm³/mol. The number of aliphatic hydroxyl groups excluding tert-OH is 1. The average Bonchev–Trinajstić information content (AvgIpc) is 2.98. The number of aliphatic hydroxyl groups is 2. The van der Waals surface area contributed by atoms with Gasteiger partial charge in [0, 0.05) is 36.0 Å². The van der Waals surface area contributed by atoms with Crippen LogP contribution in [0.5, 0.6) is 17.2 Å². The number of nitrogens with two attached hydrogens (primary N) is 1. The van der Waals surface area contributed by atoms with Gasteiger partial charge in [-0.25, -0.2) is 0 Å². The highest BCUT2D eigenvalue weighted by molar-refractivity contribution is 6.31. The molecule has 1 heterocycles. The van der Waals surface area contributed by atoms with Crippen LogP contribution in [-0.4, -0.2) is 87.0 Å². The molecule has 1 saturated heterocycles. The highest BCUT2D eigenvalue weighted by Gasteiger charge is 2.49. The Labute approximate surface area is 259 Å². The monoisotopic (exact) mass is 626 g/mol. The molecule has 0 aromatic heterocycles. The van der Waals surface area contributed by atoms with Crippen molar-refractivity contribution < 1.29 is 53.8 Å². The van der Waals surface area contributed by atoms with Gasteiger partial charge in [0.2, 0.25) is 11.7 Å². The van der Waals surface area contributed by atoms with E-state index in [1.165, 1.54) is 25.3 Å². The van der Waals surface area contributed by atoms with Gasteiger partial charge in [0.15, 0.2) is 17.9 Å². The molecule has 2 aromatic carbocycles. The SMILES string of the molecule is COc1cccc2c1C(=O)c1c(O)c3c(c(O)c1C2=O)CC(O)(C(C)=O)CC3OC1CC(NC(=O)C(N)C(C)C)C(O)C(C)O1. The molecule has 45 heavy (non-hydrogen) atoms. The Bertz CT molecular complexity index is 1590. The van der Waals surface area contributed by atoms with Gasteiger partial charge in [0.1, 0.15) is 29.0 Å². The van der Waals surface area contributed by atoms with E-state index in [4.69, 9.17) is 19.9 Å². The largest absolute Gasteiger partial charge is 0.507 e. The quantitative estimate of drug-likeness (QED) is 0.204. The number of fused-ring (bicyclic) bond motifs is 3. The van der Waals surface area contributed by atoms with Gasteiger partial charge >= 0.3 is 0 Å². The third-order valence-electron chi connectivity index (χ3n) is 9.10. The summed E-state index contributed by atoms with van der Waals surface area (Å²) in [6, 6.07) is 2.71. The maximum absolute atomic E-state index is 13.8. The number of hydrogen-bond donors (Lipinski definition) is 6. The Morgan fingerprint density at radius 1 is 1.11 bits per heavy atom. The summed E-state index contributed by atoms with van der Waals surface area (Å²) in [7, 11) is 1.33. The second-order valence-electron chi connectivity index (χ2n) is 12.4. The first-order valence-electron chi connectivity index (χ1n) is 14.8. The van der Waals surface area contributed by atoms with Gasteiger partial charge in [-0.3, -0.25) is 19.2 Å². The van der Waals surface area contributed by atoms with Crippen LogP contribution in [0.2, 0.25) is 0 Å². The number of carbonyl (C=O) groups excluding carboxylic acids is 4. The van der Waals surface area contributed by atoms with Crippen LogP contribution >= 0.6 is 0 Å². The topological polar surface area (TPSA) is 215 Å². The molecule has 0 bridgehead atoms. The first kappa shape index (κ1) is 32.5. The number of phenols is 2. The van der Waals surface area contributed by atoms with E-state index in [2.05, 4.69) is 5.32 Å². The van der Waals surface area contributed by atoms with Crippen LogP contribution in [0.15, 0.2) is 18.2 Å². The molecule has 5 rings (SSSR count). The van der Waals surface area contributed by atoms with Crippen LogP contribution in [0, 0.1) is 5.92 Å². The molecule has 2 aliphatic carbocycles. The molecular weight excluding hydrogens is 588 g/mol. The minimum Gasteiger partial charge on any atom is -0.507 e. The van der Waals surface area contributed by atoms with E-state index in [0.29, 0.717) is 0 Å². The van der Waals surface area contributed by atoms with E-state index >= 15 is 0 Å². The summed E-state index contributed by atoms with van der Waals surface area (Å²) in [6.45, 7) is 6.29. The van der Waals surface area contributed by atoms with Gasteiger partial charge in [0.05, 0.1) is 48.1 Å². The van der Waals surface area contributed by atoms with Crippen LogP contribution in [0.25, 0.3) is 0 Å². The number of rotatable bonds is 7. The zero-order valence-corrected chi connectivity index (χ0v) is 25.6. The minimum absolute atomic E-state index is 0.0413. The van der Waals surface area contributed by atoms with Crippen molar-refractivity contribution >= 4 is 23.3 Å². The van der Waals surface area contributed by atoms with Crippen LogP contribution in [-0.2, 0) is 25.5 Å². The lowest BCUT2D eigenvalue weighted by atomic mass is 9.72. The lowest BCUT2D eigenvalue weighted by molar-refractivity contribution is -0.249. The zero-order valence-electron chi connectivity index (χ0n) is 25.6. The van der Waals surface area contributed by atoms with E-state index < -0.39 is 101 Å². The lowest BCUT2D eigenvalue weighted by Crippen LogP contribution is -2.58. The summed E-state index contributed by atoms with van der Waals surface area (Å²) in [5.41, 5.74) is 2.63. The standard InChI is InChI=1S/C32H38N2O11/c1-12(2)25(33)31(41)34-17-9-20(44-13(3)26(17)36)45-19-11-32(42,14(4)35)10-16-22(19)30(40)24-23(28(16)38)27(37)15-7-6-8-18(43-5)21(15)29(24)39/h6-8,12-13,17,19-20,25-26,36,38,40,42H,9-11,33H2,1-5H3,(H,34,41). The molecule has 1 fully saturated rings. The van der Waals surface area contributed by atoms with Crippen molar-refractivity contribution in [2.24, 2.45) is 11.7 Å². The Morgan fingerprint density at radius 2 is 1.78 bits per heavy atom. The number of amides is 1. The van der Waals surface area contributed by atoms with Crippen molar-refractivity contribution in [3.8, 4) is 17.2 Å². The van der Waals surface area contributed by atoms with Gasteiger partial charge in [-0.15, -0.1) is 0 Å². The van der Waals surface area contributed by atoms with Gasteiger partial charge in [-0.2, -0.15) is 0 Å². The normalized spacial score (nSPS) is 28.2. The molecule has 7 atom stereocenters. The molecule has 3 aliphatic rings. The molecule has 242 valence electrons. The van der Waals surface area contributed by atoms with Crippen molar-refractivity contribution in [1.82, 2.24) is 5.32 Å². The molecule has 1 aliphatic heterocycles. The minimum atomic E-state index is -2.07. The second kappa shape index (κ2) is 11.8. The molecule has 0 saturated carbocycles. The second-order valence-corrected chi connectivity index (χ2v) is 12.4. The van der Waals surface area contributed by atoms with Crippen LogP contribution < -0.4 is 15.8 Å². The molecule has 13 heteroatoms. The fourth-order valence-electron chi connectivity index (χ4n) is 6.35. The molecule has 0 radical (unpaired) electrons. The number of ketones is 3. The fraction of sp³-hybridized carbons (Fsp3) is 0.500. The molecule has 0 spiro atoms. The first-order chi connectivity index (χ1) is 21.1. The van der Waals surface area contributed by atoms with Gasteiger partial charge in [-0.05, 0) is 25.8 Å². The predicted octanol–water partition coefficient (Wildman–Crippen LogP) is 1.17. The third kappa shape index (κ3) is 5.38. The summed E-state index contributed by atoms with van der Waals surface area (Å²) < 4.78 is 17.4.